The lowest BCUT2D eigenvalue weighted by atomic mass is 9.89. The van der Waals surface area contributed by atoms with Crippen LogP contribution in [0.2, 0.25) is 0 Å². The first-order valence-corrected chi connectivity index (χ1v) is 4.99. The number of ketones is 1. The first-order valence-electron chi connectivity index (χ1n) is 4.99. The molecule has 1 aromatic carbocycles. The van der Waals surface area contributed by atoms with Crippen LogP contribution in [0, 0.1) is 19.8 Å². The molecule has 1 unspecified atom stereocenters. The van der Waals surface area contributed by atoms with Crippen LogP contribution in [-0.2, 0) is 0 Å². The minimum absolute atomic E-state index is 0.1000. The van der Waals surface area contributed by atoms with Crippen molar-refractivity contribution in [3.63, 3.8) is 0 Å². The number of hydrogen-bond acceptors (Lipinski definition) is 2. The van der Waals surface area contributed by atoms with E-state index in [1.54, 1.807) is 0 Å². The van der Waals surface area contributed by atoms with Gasteiger partial charge in [-0.05, 0) is 25.0 Å². The van der Waals surface area contributed by atoms with Gasteiger partial charge >= 0.3 is 0 Å². The van der Waals surface area contributed by atoms with Crippen molar-refractivity contribution in [1.82, 2.24) is 0 Å². The molecule has 1 aliphatic rings. The van der Waals surface area contributed by atoms with Gasteiger partial charge in [0, 0.05) is 23.7 Å². The molecule has 0 aromatic heterocycles. The zero-order chi connectivity index (χ0) is 10.3. The van der Waals surface area contributed by atoms with E-state index in [4.69, 9.17) is 0 Å². The molecule has 0 amide bonds. The van der Waals surface area contributed by atoms with Crippen LogP contribution in [0.25, 0.3) is 0 Å². The van der Waals surface area contributed by atoms with Crippen molar-refractivity contribution in [3.8, 4) is 0 Å². The van der Waals surface area contributed by atoms with Gasteiger partial charge in [-0.15, -0.1) is 0 Å². The molecule has 0 fully saturated rings. The van der Waals surface area contributed by atoms with Gasteiger partial charge in [0.1, 0.15) is 0 Å². The summed E-state index contributed by atoms with van der Waals surface area (Å²) in [5.74, 6) is 0.378. The highest BCUT2D eigenvalue weighted by Crippen LogP contribution is 2.30. The lowest BCUT2D eigenvalue weighted by Crippen LogP contribution is -2.28. The van der Waals surface area contributed by atoms with Crippen LogP contribution >= 0.6 is 0 Å². The Hall–Kier alpha value is -1.31. The molecule has 0 saturated heterocycles. The maximum absolute atomic E-state index is 11.9. The number of carbonyl (C=O) groups excluding carboxylic acids is 1. The van der Waals surface area contributed by atoms with E-state index >= 15 is 0 Å². The van der Waals surface area contributed by atoms with Crippen molar-refractivity contribution in [1.29, 1.82) is 0 Å². The van der Waals surface area contributed by atoms with Crippen molar-refractivity contribution < 1.29 is 4.79 Å². The molecule has 0 bridgehead atoms. The maximum Gasteiger partial charge on any atom is 0.169 e. The Morgan fingerprint density at radius 3 is 2.64 bits per heavy atom. The molecular weight excluding hydrogens is 174 g/mol. The molecule has 1 aromatic rings. The standard InChI is InChI=1S/C12H15NO/c1-7-4-5-8(2)11-10(7)12(14)9(3)6-13-11/h4-5,9,13H,6H2,1-3H3. The third-order valence-electron chi connectivity index (χ3n) is 2.90. The highest BCUT2D eigenvalue weighted by atomic mass is 16.1. The molecule has 0 radical (unpaired) electrons. The molecule has 74 valence electrons. The van der Waals surface area contributed by atoms with Crippen molar-refractivity contribution in [2.45, 2.75) is 20.8 Å². The normalized spacial score (nSPS) is 20.2. The monoisotopic (exact) mass is 189 g/mol. The van der Waals surface area contributed by atoms with Gasteiger partial charge in [-0.25, -0.2) is 0 Å². The number of nitrogens with one attached hydrogen (secondary N) is 1. The number of aryl methyl sites for hydroxylation is 2. The number of fused-ring (bicyclic) bond motifs is 1. The van der Waals surface area contributed by atoms with E-state index in [0.717, 1.165) is 28.9 Å². The molecule has 0 saturated carbocycles. The summed E-state index contributed by atoms with van der Waals surface area (Å²) in [6, 6.07) is 4.08. The molecule has 2 nitrogen and oxygen atoms in total. The van der Waals surface area contributed by atoms with Gasteiger partial charge in [0.05, 0.1) is 0 Å². The summed E-state index contributed by atoms with van der Waals surface area (Å²) in [6.07, 6.45) is 0. The largest absolute Gasteiger partial charge is 0.384 e. The predicted octanol–water partition coefficient (Wildman–Crippen LogP) is 2.55. The Morgan fingerprint density at radius 1 is 1.29 bits per heavy atom. The highest BCUT2D eigenvalue weighted by molar-refractivity contribution is 6.06. The predicted molar refractivity (Wildman–Crippen MR) is 57.9 cm³/mol. The van der Waals surface area contributed by atoms with Gasteiger partial charge in [-0.1, -0.05) is 19.1 Å². The maximum atomic E-state index is 11.9. The van der Waals surface area contributed by atoms with E-state index in [0.29, 0.717) is 0 Å². The molecule has 2 rings (SSSR count). The summed E-state index contributed by atoms with van der Waals surface area (Å²) in [5, 5.41) is 3.33. The summed E-state index contributed by atoms with van der Waals surface area (Å²) >= 11 is 0. The second-order valence-electron chi connectivity index (χ2n) is 4.10. The van der Waals surface area contributed by atoms with Gasteiger partial charge in [-0.3, -0.25) is 4.79 Å². The van der Waals surface area contributed by atoms with E-state index in [2.05, 4.69) is 11.4 Å². The highest BCUT2D eigenvalue weighted by Gasteiger charge is 2.25. The van der Waals surface area contributed by atoms with Crippen molar-refractivity contribution >= 4 is 11.5 Å². The number of Topliss-reactive ketones (excluding diaryl/α,β-unsaturated/α-hetero) is 1. The summed E-state index contributed by atoms with van der Waals surface area (Å²) < 4.78 is 0. The van der Waals surface area contributed by atoms with E-state index in [-0.39, 0.29) is 11.7 Å². The molecule has 1 aliphatic heterocycles. The SMILES string of the molecule is Cc1ccc(C)c2c1NCC(C)C2=O. The summed E-state index contributed by atoms with van der Waals surface area (Å²) in [6.45, 7) is 6.76. The summed E-state index contributed by atoms with van der Waals surface area (Å²) in [7, 11) is 0. The van der Waals surface area contributed by atoms with Crippen LogP contribution in [0.1, 0.15) is 28.4 Å². The molecule has 1 atom stereocenters. The minimum atomic E-state index is 0.1000. The molecule has 1 heterocycles. The summed E-state index contributed by atoms with van der Waals surface area (Å²) in [5.41, 5.74) is 4.16. The topological polar surface area (TPSA) is 29.1 Å². The van der Waals surface area contributed by atoms with E-state index in [9.17, 15) is 4.79 Å². The van der Waals surface area contributed by atoms with Crippen LogP contribution in [0.5, 0.6) is 0 Å². The third kappa shape index (κ3) is 1.22. The second-order valence-corrected chi connectivity index (χ2v) is 4.10. The first kappa shape index (κ1) is 9.25. The molecular formula is C12H15NO. The lowest BCUT2D eigenvalue weighted by Gasteiger charge is -2.25. The number of anilines is 1. The quantitative estimate of drug-likeness (QED) is 0.679. The Balaban J connectivity index is 2.64. The Bertz CT molecular complexity index is 396. The van der Waals surface area contributed by atoms with Crippen molar-refractivity contribution in [2.75, 3.05) is 11.9 Å². The zero-order valence-electron chi connectivity index (χ0n) is 8.85. The fourth-order valence-electron chi connectivity index (χ4n) is 1.95. The van der Waals surface area contributed by atoms with Crippen molar-refractivity contribution in [3.05, 3.63) is 28.8 Å². The van der Waals surface area contributed by atoms with E-state index < -0.39 is 0 Å². The van der Waals surface area contributed by atoms with Crippen LogP contribution in [0.4, 0.5) is 5.69 Å². The number of carbonyl (C=O) groups is 1. The zero-order valence-corrected chi connectivity index (χ0v) is 8.85. The number of hydrogen-bond donors (Lipinski definition) is 1. The van der Waals surface area contributed by atoms with Crippen LogP contribution in [-0.4, -0.2) is 12.3 Å². The van der Waals surface area contributed by atoms with Crippen LogP contribution < -0.4 is 5.32 Å². The lowest BCUT2D eigenvalue weighted by molar-refractivity contribution is 0.0931. The average Bonchev–Trinajstić information content (AvgIpc) is 2.16. The molecule has 14 heavy (non-hydrogen) atoms. The van der Waals surface area contributed by atoms with Gasteiger partial charge < -0.3 is 5.32 Å². The third-order valence-corrected chi connectivity index (χ3v) is 2.90. The average molecular weight is 189 g/mol. The van der Waals surface area contributed by atoms with Gasteiger partial charge in [0.2, 0.25) is 0 Å². The van der Waals surface area contributed by atoms with Crippen LogP contribution in [0.3, 0.4) is 0 Å². The first-order chi connectivity index (χ1) is 6.61. The Kier molecular flexibility index (Phi) is 2.06. The summed E-state index contributed by atoms with van der Waals surface area (Å²) in [4.78, 5) is 11.9. The Labute approximate surface area is 84.3 Å². The second kappa shape index (κ2) is 3.12. The Morgan fingerprint density at radius 2 is 1.93 bits per heavy atom. The van der Waals surface area contributed by atoms with E-state index in [1.165, 1.54) is 0 Å². The van der Waals surface area contributed by atoms with Gasteiger partial charge in [0.25, 0.3) is 0 Å². The van der Waals surface area contributed by atoms with Crippen LogP contribution in [0.15, 0.2) is 12.1 Å². The molecule has 2 heteroatoms. The fourth-order valence-corrected chi connectivity index (χ4v) is 1.95. The minimum Gasteiger partial charge on any atom is -0.384 e. The number of benzene rings is 1. The van der Waals surface area contributed by atoms with Crippen molar-refractivity contribution in [2.24, 2.45) is 5.92 Å². The van der Waals surface area contributed by atoms with E-state index in [1.807, 2.05) is 26.8 Å². The smallest absolute Gasteiger partial charge is 0.169 e. The molecule has 0 spiro atoms. The van der Waals surface area contributed by atoms with Gasteiger partial charge in [0.15, 0.2) is 5.78 Å². The number of rotatable bonds is 0. The molecule has 0 aliphatic carbocycles. The fraction of sp³-hybridized carbons (Fsp3) is 0.417. The molecule has 1 N–H and O–H groups in total. The van der Waals surface area contributed by atoms with Gasteiger partial charge in [-0.2, -0.15) is 0 Å².